The summed E-state index contributed by atoms with van der Waals surface area (Å²) in [6.45, 7) is 0. The number of hydrogen-bond acceptors (Lipinski definition) is 5. The molecule has 1 aliphatic rings. The SMILES string of the molecule is O=C(N[C@@H]1CCS(=O)(=O)C1)c1ccc(=O)n(-c2ccccc2)n1. The highest BCUT2D eigenvalue weighted by Gasteiger charge is 2.29. The molecule has 0 bridgehead atoms. The third-order valence-electron chi connectivity index (χ3n) is 3.60. The van der Waals surface area contributed by atoms with Crippen molar-refractivity contribution in [3.05, 3.63) is 58.5 Å². The molecule has 2 aromatic rings. The van der Waals surface area contributed by atoms with Crippen LogP contribution in [0.25, 0.3) is 5.69 Å². The minimum atomic E-state index is -3.07. The van der Waals surface area contributed by atoms with Crippen LogP contribution in [-0.2, 0) is 9.84 Å². The average Bonchev–Trinajstić information content (AvgIpc) is 2.87. The molecule has 0 unspecified atom stereocenters. The van der Waals surface area contributed by atoms with E-state index in [9.17, 15) is 18.0 Å². The Morgan fingerprint density at radius 1 is 1.17 bits per heavy atom. The third-order valence-corrected chi connectivity index (χ3v) is 5.37. The first-order valence-electron chi connectivity index (χ1n) is 7.12. The molecule has 0 radical (unpaired) electrons. The van der Waals surface area contributed by atoms with Gasteiger partial charge in [0.05, 0.1) is 17.2 Å². The largest absolute Gasteiger partial charge is 0.347 e. The Labute approximate surface area is 132 Å². The molecule has 1 N–H and O–H groups in total. The summed E-state index contributed by atoms with van der Waals surface area (Å²) in [5, 5.41) is 6.72. The van der Waals surface area contributed by atoms with E-state index in [-0.39, 0.29) is 22.8 Å². The van der Waals surface area contributed by atoms with Gasteiger partial charge in [-0.2, -0.15) is 9.78 Å². The molecule has 3 rings (SSSR count). The Hall–Kier alpha value is -2.48. The highest BCUT2D eigenvalue weighted by molar-refractivity contribution is 7.91. The van der Waals surface area contributed by atoms with Gasteiger partial charge in [-0.1, -0.05) is 18.2 Å². The second kappa shape index (κ2) is 5.96. The number of hydrogen-bond donors (Lipinski definition) is 1. The van der Waals surface area contributed by atoms with Crippen molar-refractivity contribution in [3.63, 3.8) is 0 Å². The van der Waals surface area contributed by atoms with Gasteiger partial charge >= 0.3 is 0 Å². The molecular weight excluding hydrogens is 318 g/mol. The molecule has 1 aromatic heterocycles. The topological polar surface area (TPSA) is 98.1 Å². The van der Waals surface area contributed by atoms with Crippen LogP contribution in [0.3, 0.4) is 0 Å². The zero-order valence-corrected chi connectivity index (χ0v) is 13.0. The number of benzene rings is 1. The van der Waals surface area contributed by atoms with Crippen molar-refractivity contribution in [2.75, 3.05) is 11.5 Å². The van der Waals surface area contributed by atoms with Gasteiger partial charge in [0.2, 0.25) is 0 Å². The lowest BCUT2D eigenvalue weighted by Gasteiger charge is -2.11. The summed E-state index contributed by atoms with van der Waals surface area (Å²) in [5.74, 6) is -0.469. The Balaban J connectivity index is 1.84. The van der Waals surface area contributed by atoms with Gasteiger partial charge in [0.15, 0.2) is 9.84 Å². The zero-order chi connectivity index (χ0) is 16.4. The van der Waals surface area contributed by atoms with E-state index in [2.05, 4.69) is 10.4 Å². The maximum absolute atomic E-state index is 12.2. The Bertz CT molecular complexity index is 890. The van der Waals surface area contributed by atoms with E-state index < -0.39 is 21.8 Å². The summed E-state index contributed by atoms with van der Waals surface area (Å²) in [4.78, 5) is 24.1. The highest BCUT2D eigenvalue weighted by Crippen LogP contribution is 2.12. The van der Waals surface area contributed by atoms with E-state index >= 15 is 0 Å². The normalized spacial score (nSPS) is 19.4. The minimum absolute atomic E-state index is 0.0585. The van der Waals surface area contributed by atoms with E-state index in [0.29, 0.717) is 12.1 Å². The van der Waals surface area contributed by atoms with Gasteiger partial charge in [-0.15, -0.1) is 0 Å². The molecule has 7 nitrogen and oxygen atoms in total. The number of para-hydroxylation sites is 1. The van der Waals surface area contributed by atoms with Crippen LogP contribution >= 0.6 is 0 Å². The van der Waals surface area contributed by atoms with Crippen molar-refractivity contribution < 1.29 is 13.2 Å². The first-order valence-corrected chi connectivity index (χ1v) is 8.94. The van der Waals surface area contributed by atoms with Crippen LogP contribution in [0.5, 0.6) is 0 Å². The molecule has 1 aromatic carbocycles. The van der Waals surface area contributed by atoms with Crippen molar-refractivity contribution in [3.8, 4) is 5.69 Å². The molecule has 0 spiro atoms. The lowest BCUT2D eigenvalue weighted by molar-refractivity contribution is 0.0934. The van der Waals surface area contributed by atoms with E-state index in [1.807, 2.05) is 6.07 Å². The summed E-state index contributed by atoms with van der Waals surface area (Å²) in [6, 6.07) is 10.9. The molecule has 1 saturated heterocycles. The molecule has 120 valence electrons. The van der Waals surface area contributed by atoms with Gasteiger partial charge in [-0.05, 0) is 24.6 Å². The molecule has 1 aliphatic heterocycles. The quantitative estimate of drug-likeness (QED) is 0.862. The lowest BCUT2D eigenvalue weighted by atomic mass is 10.2. The number of aromatic nitrogens is 2. The summed E-state index contributed by atoms with van der Waals surface area (Å²) in [5.41, 5.74) is 0.268. The van der Waals surface area contributed by atoms with Crippen LogP contribution in [0.4, 0.5) is 0 Å². The lowest BCUT2D eigenvalue weighted by Crippen LogP contribution is -2.37. The second-order valence-electron chi connectivity index (χ2n) is 5.38. The van der Waals surface area contributed by atoms with E-state index in [4.69, 9.17) is 0 Å². The molecule has 1 amide bonds. The van der Waals surface area contributed by atoms with E-state index in [1.54, 1.807) is 24.3 Å². The van der Waals surface area contributed by atoms with Gasteiger partial charge in [0.25, 0.3) is 11.5 Å². The van der Waals surface area contributed by atoms with Crippen LogP contribution in [0.2, 0.25) is 0 Å². The maximum Gasteiger partial charge on any atom is 0.271 e. The summed E-state index contributed by atoms with van der Waals surface area (Å²) < 4.78 is 24.0. The number of carbonyl (C=O) groups is 1. The Morgan fingerprint density at radius 3 is 2.57 bits per heavy atom. The number of sulfone groups is 1. The predicted octanol–water partition coefficient (Wildman–Crippen LogP) is 0.149. The summed E-state index contributed by atoms with van der Waals surface area (Å²) in [6.07, 6.45) is 0.395. The molecule has 8 heteroatoms. The first-order chi connectivity index (χ1) is 10.9. The van der Waals surface area contributed by atoms with Crippen molar-refractivity contribution in [2.24, 2.45) is 0 Å². The predicted molar refractivity (Wildman–Crippen MR) is 84.4 cm³/mol. The number of amides is 1. The van der Waals surface area contributed by atoms with Crippen molar-refractivity contribution in [1.29, 1.82) is 0 Å². The van der Waals surface area contributed by atoms with Crippen molar-refractivity contribution >= 4 is 15.7 Å². The average molecular weight is 333 g/mol. The minimum Gasteiger partial charge on any atom is -0.347 e. The molecule has 1 fully saturated rings. The molecule has 1 atom stereocenters. The third kappa shape index (κ3) is 3.48. The smallest absolute Gasteiger partial charge is 0.271 e. The van der Waals surface area contributed by atoms with E-state index in [1.165, 1.54) is 12.1 Å². The van der Waals surface area contributed by atoms with Crippen LogP contribution in [0, 0.1) is 0 Å². The standard InChI is InChI=1S/C15H15N3O4S/c19-14-7-6-13(17-18(14)12-4-2-1-3-5-12)15(20)16-11-8-9-23(21,22)10-11/h1-7,11H,8-10H2,(H,16,20)/t11-/m1/s1. The molecule has 23 heavy (non-hydrogen) atoms. The second-order valence-corrected chi connectivity index (χ2v) is 7.61. The van der Waals surface area contributed by atoms with Gasteiger partial charge < -0.3 is 5.32 Å². The molecule has 2 heterocycles. The zero-order valence-electron chi connectivity index (χ0n) is 12.2. The Kier molecular flexibility index (Phi) is 3.99. The number of nitrogens with one attached hydrogen (secondary N) is 1. The fourth-order valence-corrected chi connectivity index (χ4v) is 4.13. The van der Waals surface area contributed by atoms with Gasteiger partial charge in [0, 0.05) is 12.1 Å². The maximum atomic E-state index is 12.2. The highest BCUT2D eigenvalue weighted by atomic mass is 32.2. The van der Waals surface area contributed by atoms with Gasteiger partial charge in [0.1, 0.15) is 5.69 Å². The van der Waals surface area contributed by atoms with Gasteiger partial charge in [-0.3, -0.25) is 9.59 Å². The molecule has 0 aliphatic carbocycles. The van der Waals surface area contributed by atoms with Crippen LogP contribution in [-0.4, -0.2) is 41.7 Å². The van der Waals surface area contributed by atoms with Crippen molar-refractivity contribution in [2.45, 2.75) is 12.5 Å². The van der Waals surface area contributed by atoms with Crippen molar-refractivity contribution in [1.82, 2.24) is 15.1 Å². The fraction of sp³-hybridized carbons (Fsp3) is 0.267. The number of rotatable bonds is 3. The Morgan fingerprint density at radius 2 is 1.91 bits per heavy atom. The first kappa shape index (κ1) is 15.4. The van der Waals surface area contributed by atoms with Crippen LogP contribution in [0.15, 0.2) is 47.3 Å². The summed E-state index contributed by atoms with van der Waals surface area (Å²) >= 11 is 0. The number of nitrogens with zero attached hydrogens (tertiary/aromatic N) is 2. The fourth-order valence-electron chi connectivity index (χ4n) is 2.45. The summed E-state index contributed by atoms with van der Waals surface area (Å²) in [7, 11) is -3.07. The monoisotopic (exact) mass is 333 g/mol. The molecule has 0 saturated carbocycles. The van der Waals surface area contributed by atoms with E-state index in [0.717, 1.165) is 4.68 Å². The van der Waals surface area contributed by atoms with Gasteiger partial charge in [-0.25, -0.2) is 8.42 Å². The van der Waals surface area contributed by atoms with Crippen LogP contribution in [0.1, 0.15) is 16.9 Å². The number of carbonyl (C=O) groups excluding carboxylic acids is 1. The molecular formula is C15H15N3O4S. The van der Waals surface area contributed by atoms with Crippen LogP contribution < -0.4 is 10.9 Å².